The molecule has 0 saturated carbocycles. The summed E-state index contributed by atoms with van der Waals surface area (Å²) in [6.45, 7) is 10.2. The number of hydrogen-bond acceptors (Lipinski definition) is 3. The lowest BCUT2D eigenvalue weighted by molar-refractivity contribution is 0.167. The first-order chi connectivity index (χ1) is 8.79. The summed E-state index contributed by atoms with van der Waals surface area (Å²) in [6, 6.07) is 6.17. The van der Waals surface area contributed by atoms with E-state index >= 15 is 0 Å². The molecule has 2 atom stereocenters. The van der Waals surface area contributed by atoms with Crippen LogP contribution in [0.5, 0.6) is 0 Å². The van der Waals surface area contributed by atoms with E-state index in [1.165, 1.54) is 31.7 Å². The normalized spacial score (nSPS) is 24.4. The highest BCUT2D eigenvalue weighted by Crippen LogP contribution is 2.20. The molecule has 0 radical (unpaired) electrons. The third-order valence-corrected chi connectivity index (χ3v) is 4.01. The molecule has 1 aromatic rings. The maximum absolute atomic E-state index is 4.42. The van der Waals surface area contributed by atoms with Crippen LogP contribution >= 0.6 is 0 Å². The monoisotopic (exact) mass is 247 g/mol. The second-order valence-electron chi connectivity index (χ2n) is 5.38. The summed E-state index contributed by atoms with van der Waals surface area (Å²) in [6.07, 6.45) is 3.19. The molecular weight excluding hydrogens is 222 g/mol. The smallest absolute Gasteiger partial charge is 0.0543 e. The number of piperidine rings is 1. The molecule has 1 N–H and O–H groups in total. The number of pyridine rings is 1. The van der Waals surface area contributed by atoms with Crippen LogP contribution in [0.3, 0.4) is 0 Å². The summed E-state index contributed by atoms with van der Waals surface area (Å²) in [5.41, 5.74) is 1.18. The lowest BCUT2D eigenvalue weighted by Crippen LogP contribution is -2.41. The first-order valence-electron chi connectivity index (χ1n) is 7.12. The first-order valence-corrected chi connectivity index (χ1v) is 7.12. The molecular formula is C15H25N3. The van der Waals surface area contributed by atoms with Crippen LogP contribution in [0.4, 0.5) is 0 Å². The Morgan fingerprint density at radius 3 is 3.00 bits per heavy atom. The van der Waals surface area contributed by atoms with Gasteiger partial charge in [0.2, 0.25) is 0 Å². The maximum Gasteiger partial charge on any atom is 0.0543 e. The molecule has 3 heteroatoms. The predicted molar refractivity (Wildman–Crippen MR) is 75.3 cm³/mol. The van der Waals surface area contributed by atoms with Gasteiger partial charge in [-0.25, -0.2) is 0 Å². The minimum Gasteiger partial charge on any atom is -0.316 e. The zero-order valence-electron chi connectivity index (χ0n) is 11.6. The second kappa shape index (κ2) is 6.86. The van der Waals surface area contributed by atoms with Crippen molar-refractivity contribution in [1.82, 2.24) is 15.2 Å². The van der Waals surface area contributed by atoms with Crippen LogP contribution in [0, 0.1) is 11.8 Å². The van der Waals surface area contributed by atoms with Crippen molar-refractivity contribution in [3.8, 4) is 0 Å². The van der Waals surface area contributed by atoms with Crippen molar-refractivity contribution in [2.24, 2.45) is 11.8 Å². The summed E-state index contributed by atoms with van der Waals surface area (Å²) in [5.74, 6) is 1.62. The Morgan fingerprint density at radius 2 is 2.33 bits per heavy atom. The Morgan fingerprint density at radius 1 is 1.44 bits per heavy atom. The molecule has 2 heterocycles. The number of nitrogens with zero attached hydrogens (tertiary/aromatic N) is 2. The fourth-order valence-electron chi connectivity index (χ4n) is 2.70. The van der Waals surface area contributed by atoms with Gasteiger partial charge in [-0.15, -0.1) is 0 Å². The largest absolute Gasteiger partial charge is 0.316 e. The molecule has 1 aromatic heterocycles. The molecule has 1 aliphatic rings. The minimum atomic E-state index is 0.788. The molecule has 3 nitrogen and oxygen atoms in total. The highest BCUT2D eigenvalue weighted by molar-refractivity contribution is 5.03. The van der Waals surface area contributed by atoms with Crippen LogP contribution in [0.25, 0.3) is 0 Å². The topological polar surface area (TPSA) is 28.2 Å². The zero-order chi connectivity index (χ0) is 12.8. The number of rotatable bonds is 5. The first kappa shape index (κ1) is 13.5. The average Bonchev–Trinajstić information content (AvgIpc) is 2.41. The van der Waals surface area contributed by atoms with Gasteiger partial charge in [-0.3, -0.25) is 9.88 Å². The summed E-state index contributed by atoms with van der Waals surface area (Å²) in [7, 11) is 0. The van der Waals surface area contributed by atoms with Gasteiger partial charge in [0, 0.05) is 19.3 Å². The Kier molecular flexibility index (Phi) is 5.14. The Balaban J connectivity index is 1.88. The molecule has 100 valence electrons. The lowest BCUT2D eigenvalue weighted by atomic mass is 9.87. The second-order valence-corrected chi connectivity index (χ2v) is 5.38. The Hall–Kier alpha value is -0.930. The van der Waals surface area contributed by atoms with Gasteiger partial charge in [0.15, 0.2) is 0 Å². The van der Waals surface area contributed by atoms with E-state index in [-0.39, 0.29) is 0 Å². The highest BCUT2D eigenvalue weighted by Gasteiger charge is 2.22. The van der Waals surface area contributed by atoms with Gasteiger partial charge in [-0.1, -0.05) is 19.9 Å². The fraction of sp³-hybridized carbons (Fsp3) is 0.667. The van der Waals surface area contributed by atoms with E-state index in [1.54, 1.807) is 0 Å². The van der Waals surface area contributed by atoms with Gasteiger partial charge < -0.3 is 5.32 Å². The van der Waals surface area contributed by atoms with Crippen molar-refractivity contribution in [3.63, 3.8) is 0 Å². The molecule has 0 spiro atoms. The Labute approximate surface area is 111 Å². The highest BCUT2D eigenvalue weighted by atomic mass is 15.1. The van der Waals surface area contributed by atoms with Crippen molar-refractivity contribution in [2.45, 2.75) is 26.8 Å². The van der Waals surface area contributed by atoms with E-state index in [0.717, 1.165) is 24.9 Å². The van der Waals surface area contributed by atoms with Crippen molar-refractivity contribution >= 4 is 0 Å². The molecule has 2 unspecified atom stereocenters. The molecule has 0 aromatic carbocycles. The molecule has 1 aliphatic heterocycles. The minimum absolute atomic E-state index is 0.788. The van der Waals surface area contributed by atoms with Crippen molar-refractivity contribution in [3.05, 3.63) is 30.1 Å². The van der Waals surface area contributed by atoms with E-state index in [9.17, 15) is 0 Å². The van der Waals surface area contributed by atoms with Gasteiger partial charge in [0.25, 0.3) is 0 Å². The summed E-state index contributed by atoms with van der Waals surface area (Å²) in [4.78, 5) is 6.95. The Bertz CT molecular complexity index is 339. The molecule has 1 saturated heterocycles. The van der Waals surface area contributed by atoms with Crippen molar-refractivity contribution in [1.29, 1.82) is 0 Å². The predicted octanol–water partition coefficient (Wildman–Crippen LogP) is 2.15. The zero-order valence-corrected chi connectivity index (χ0v) is 11.6. The molecule has 0 aliphatic carbocycles. The molecule has 0 bridgehead atoms. The average molecular weight is 247 g/mol. The van der Waals surface area contributed by atoms with Crippen molar-refractivity contribution < 1.29 is 0 Å². The molecule has 0 amide bonds. The van der Waals surface area contributed by atoms with Gasteiger partial charge in [0.05, 0.1) is 5.69 Å². The van der Waals surface area contributed by atoms with Gasteiger partial charge >= 0.3 is 0 Å². The standard InChI is InChI=1S/C15H25N3/c1-3-18(12-15-6-4-5-8-17-15)11-14-7-9-16-10-13(14)2/h4-6,8,13-14,16H,3,7,9-12H2,1-2H3. The number of nitrogens with one attached hydrogen (secondary N) is 1. The van der Waals surface area contributed by atoms with Gasteiger partial charge in [-0.05, 0) is 50.0 Å². The maximum atomic E-state index is 4.42. The van der Waals surface area contributed by atoms with Crippen LogP contribution in [0.1, 0.15) is 26.0 Å². The summed E-state index contributed by atoms with van der Waals surface area (Å²) >= 11 is 0. The fourth-order valence-corrected chi connectivity index (χ4v) is 2.70. The van der Waals surface area contributed by atoms with E-state index in [2.05, 4.69) is 41.2 Å². The van der Waals surface area contributed by atoms with Crippen molar-refractivity contribution in [2.75, 3.05) is 26.2 Å². The third kappa shape index (κ3) is 3.79. The van der Waals surface area contributed by atoms with Crippen LogP contribution in [0.15, 0.2) is 24.4 Å². The van der Waals surface area contributed by atoms with Crippen LogP contribution in [-0.2, 0) is 6.54 Å². The van der Waals surface area contributed by atoms with E-state index in [0.29, 0.717) is 0 Å². The van der Waals surface area contributed by atoms with Gasteiger partial charge in [0.1, 0.15) is 0 Å². The molecule has 18 heavy (non-hydrogen) atoms. The molecule has 1 fully saturated rings. The van der Waals surface area contributed by atoms with Crippen LogP contribution < -0.4 is 5.32 Å². The van der Waals surface area contributed by atoms with E-state index in [4.69, 9.17) is 0 Å². The quantitative estimate of drug-likeness (QED) is 0.864. The molecule has 2 rings (SSSR count). The van der Waals surface area contributed by atoms with Crippen LogP contribution in [-0.4, -0.2) is 36.1 Å². The summed E-state index contributed by atoms with van der Waals surface area (Å²) in [5, 5.41) is 3.47. The lowest BCUT2D eigenvalue weighted by Gasteiger charge is -2.33. The summed E-state index contributed by atoms with van der Waals surface area (Å²) < 4.78 is 0. The van der Waals surface area contributed by atoms with E-state index < -0.39 is 0 Å². The van der Waals surface area contributed by atoms with Gasteiger partial charge in [-0.2, -0.15) is 0 Å². The van der Waals surface area contributed by atoms with E-state index in [1.807, 2.05) is 12.3 Å². The SMILES string of the molecule is CCN(Cc1ccccn1)CC1CCNCC1C. The third-order valence-electron chi connectivity index (χ3n) is 4.01. The number of hydrogen-bond donors (Lipinski definition) is 1. The van der Waals surface area contributed by atoms with Crippen LogP contribution in [0.2, 0.25) is 0 Å². The number of aromatic nitrogens is 1.